The largest absolute Gasteiger partial charge is 0.339 e. The van der Waals surface area contributed by atoms with Gasteiger partial charge in [0.1, 0.15) is 0 Å². The van der Waals surface area contributed by atoms with Crippen molar-refractivity contribution in [3.63, 3.8) is 0 Å². The standard InChI is InChI=1S/C18H20N4O/c1-13(2)21(3)18(23)16-9-15-11-20-22(17(15)19-10-16)12-14-7-5-4-6-8-14/h4-11,13H,12H2,1-3H3. The zero-order valence-electron chi connectivity index (χ0n) is 13.6. The number of amides is 1. The Balaban J connectivity index is 1.90. The van der Waals surface area contributed by atoms with Gasteiger partial charge in [-0.2, -0.15) is 5.10 Å². The number of nitrogens with zero attached hydrogens (tertiary/aromatic N) is 4. The molecule has 0 saturated heterocycles. The van der Waals surface area contributed by atoms with E-state index in [9.17, 15) is 4.79 Å². The van der Waals surface area contributed by atoms with E-state index in [-0.39, 0.29) is 11.9 Å². The molecule has 0 fully saturated rings. The van der Waals surface area contributed by atoms with Gasteiger partial charge in [-0.05, 0) is 25.5 Å². The molecule has 5 nitrogen and oxygen atoms in total. The molecule has 2 aromatic heterocycles. The number of aromatic nitrogens is 3. The first kappa shape index (κ1) is 15.2. The minimum atomic E-state index is -0.0230. The number of pyridine rings is 1. The molecular weight excluding hydrogens is 288 g/mol. The second-order valence-electron chi connectivity index (χ2n) is 5.93. The van der Waals surface area contributed by atoms with E-state index in [2.05, 4.69) is 22.2 Å². The van der Waals surface area contributed by atoms with Gasteiger partial charge >= 0.3 is 0 Å². The fourth-order valence-electron chi connectivity index (χ4n) is 2.40. The lowest BCUT2D eigenvalue weighted by molar-refractivity contribution is 0.0754. The van der Waals surface area contributed by atoms with Crippen LogP contribution in [0.15, 0.2) is 48.8 Å². The predicted molar refractivity (Wildman–Crippen MR) is 90.3 cm³/mol. The number of benzene rings is 1. The first-order chi connectivity index (χ1) is 11.1. The monoisotopic (exact) mass is 308 g/mol. The Morgan fingerprint density at radius 1 is 1.22 bits per heavy atom. The van der Waals surface area contributed by atoms with Gasteiger partial charge in [0.05, 0.1) is 18.3 Å². The van der Waals surface area contributed by atoms with E-state index >= 15 is 0 Å². The van der Waals surface area contributed by atoms with Gasteiger partial charge < -0.3 is 4.90 Å². The zero-order valence-corrected chi connectivity index (χ0v) is 13.6. The van der Waals surface area contributed by atoms with Crippen LogP contribution in [0.1, 0.15) is 29.8 Å². The lowest BCUT2D eigenvalue weighted by atomic mass is 10.2. The smallest absolute Gasteiger partial charge is 0.255 e. The lowest BCUT2D eigenvalue weighted by Crippen LogP contribution is -2.33. The van der Waals surface area contributed by atoms with Crippen LogP contribution in [-0.4, -0.2) is 38.7 Å². The molecule has 0 atom stereocenters. The molecule has 0 unspecified atom stereocenters. The van der Waals surface area contributed by atoms with Gasteiger partial charge in [0.15, 0.2) is 5.65 Å². The summed E-state index contributed by atoms with van der Waals surface area (Å²) in [4.78, 5) is 18.5. The van der Waals surface area contributed by atoms with E-state index in [0.29, 0.717) is 12.1 Å². The molecule has 0 spiro atoms. The Bertz CT molecular complexity index is 823. The molecule has 1 aromatic carbocycles. The number of hydrogen-bond acceptors (Lipinski definition) is 3. The maximum absolute atomic E-state index is 12.4. The normalized spacial score (nSPS) is 11.1. The topological polar surface area (TPSA) is 51.0 Å². The number of fused-ring (bicyclic) bond motifs is 1. The Morgan fingerprint density at radius 2 is 1.96 bits per heavy atom. The van der Waals surface area contributed by atoms with Crippen molar-refractivity contribution in [2.24, 2.45) is 0 Å². The van der Waals surface area contributed by atoms with Crippen molar-refractivity contribution in [1.29, 1.82) is 0 Å². The van der Waals surface area contributed by atoms with Crippen LogP contribution in [0.25, 0.3) is 11.0 Å². The summed E-state index contributed by atoms with van der Waals surface area (Å²) >= 11 is 0. The maximum atomic E-state index is 12.4. The molecule has 0 saturated carbocycles. The molecule has 2 heterocycles. The highest BCUT2D eigenvalue weighted by molar-refractivity contribution is 5.96. The Labute approximate surface area is 135 Å². The molecule has 5 heteroatoms. The Hall–Kier alpha value is -2.69. The van der Waals surface area contributed by atoms with Gasteiger partial charge in [0.25, 0.3) is 5.91 Å². The summed E-state index contributed by atoms with van der Waals surface area (Å²) in [5, 5.41) is 5.28. The van der Waals surface area contributed by atoms with E-state index in [1.165, 1.54) is 5.56 Å². The maximum Gasteiger partial charge on any atom is 0.255 e. The average molecular weight is 308 g/mol. The second kappa shape index (κ2) is 6.20. The van der Waals surface area contributed by atoms with E-state index in [0.717, 1.165) is 11.0 Å². The Morgan fingerprint density at radius 3 is 2.65 bits per heavy atom. The van der Waals surface area contributed by atoms with E-state index in [4.69, 9.17) is 0 Å². The van der Waals surface area contributed by atoms with Gasteiger partial charge in [0, 0.05) is 24.7 Å². The fraction of sp³-hybridized carbons (Fsp3) is 0.278. The molecular formula is C18H20N4O. The van der Waals surface area contributed by atoms with Crippen molar-refractivity contribution in [1.82, 2.24) is 19.7 Å². The minimum absolute atomic E-state index is 0.0230. The van der Waals surface area contributed by atoms with E-state index < -0.39 is 0 Å². The van der Waals surface area contributed by atoms with Gasteiger partial charge in [-0.1, -0.05) is 30.3 Å². The highest BCUT2D eigenvalue weighted by Gasteiger charge is 2.16. The molecule has 0 aliphatic carbocycles. The first-order valence-electron chi connectivity index (χ1n) is 7.69. The summed E-state index contributed by atoms with van der Waals surface area (Å²) in [6, 6.07) is 12.1. The predicted octanol–water partition coefficient (Wildman–Crippen LogP) is 2.96. The van der Waals surface area contributed by atoms with Crippen molar-refractivity contribution < 1.29 is 4.79 Å². The molecule has 0 bridgehead atoms. The number of carbonyl (C=O) groups excluding carboxylic acids is 1. The molecule has 3 aromatic rings. The average Bonchev–Trinajstić information content (AvgIpc) is 2.96. The van der Waals surface area contributed by atoms with Crippen molar-refractivity contribution in [2.75, 3.05) is 7.05 Å². The van der Waals surface area contributed by atoms with Gasteiger partial charge in [-0.15, -0.1) is 0 Å². The van der Waals surface area contributed by atoms with Crippen molar-refractivity contribution >= 4 is 16.9 Å². The summed E-state index contributed by atoms with van der Waals surface area (Å²) in [6.45, 7) is 4.64. The number of carbonyl (C=O) groups is 1. The molecule has 1 amide bonds. The molecule has 23 heavy (non-hydrogen) atoms. The summed E-state index contributed by atoms with van der Waals surface area (Å²) < 4.78 is 1.85. The van der Waals surface area contributed by atoms with Crippen LogP contribution < -0.4 is 0 Å². The van der Waals surface area contributed by atoms with Gasteiger partial charge in [-0.25, -0.2) is 9.67 Å². The second-order valence-corrected chi connectivity index (χ2v) is 5.93. The third-order valence-corrected chi connectivity index (χ3v) is 3.99. The molecule has 118 valence electrons. The summed E-state index contributed by atoms with van der Waals surface area (Å²) in [5.41, 5.74) is 2.55. The Kier molecular flexibility index (Phi) is 4.10. The molecule has 3 rings (SSSR count). The third kappa shape index (κ3) is 3.08. The molecule has 0 aliphatic heterocycles. The quantitative estimate of drug-likeness (QED) is 0.744. The zero-order chi connectivity index (χ0) is 16.4. The highest BCUT2D eigenvalue weighted by Crippen LogP contribution is 2.16. The lowest BCUT2D eigenvalue weighted by Gasteiger charge is -2.21. The van der Waals surface area contributed by atoms with Crippen molar-refractivity contribution in [3.8, 4) is 0 Å². The van der Waals surface area contributed by atoms with E-state index in [1.807, 2.05) is 42.8 Å². The van der Waals surface area contributed by atoms with Gasteiger partial charge in [-0.3, -0.25) is 4.79 Å². The molecule has 0 aliphatic rings. The fourth-order valence-corrected chi connectivity index (χ4v) is 2.40. The van der Waals surface area contributed by atoms with Crippen LogP contribution in [0.2, 0.25) is 0 Å². The van der Waals surface area contributed by atoms with Crippen LogP contribution in [0, 0.1) is 0 Å². The summed E-state index contributed by atoms with van der Waals surface area (Å²) in [6.07, 6.45) is 3.39. The van der Waals surface area contributed by atoms with Crippen LogP contribution >= 0.6 is 0 Å². The van der Waals surface area contributed by atoms with Crippen molar-refractivity contribution in [2.45, 2.75) is 26.4 Å². The number of rotatable bonds is 4. The first-order valence-corrected chi connectivity index (χ1v) is 7.69. The van der Waals surface area contributed by atoms with Crippen molar-refractivity contribution in [3.05, 3.63) is 59.9 Å². The van der Waals surface area contributed by atoms with Crippen LogP contribution in [-0.2, 0) is 6.54 Å². The minimum Gasteiger partial charge on any atom is -0.339 e. The SMILES string of the molecule is CC(C)N(C)C(=O)c1cnc2c(cnn2Cc2ccccc2)c1. The van der Waals surface area contributed by atoms with Crippen LogP contribution in [0.4, 0.5) is 0 Å². The number of hydrogen-bond donors (Lipinski definition) is 0. The van der Waals surface area contributed by atoms with E-state index in [1.54, 1.807) is 24.3 Å². The third-order valence-electron chi connectivity index (χ3n) is 3.99. The van der Waals surface area contributed by atoms with Crippen LogP contribution in [0.5, 0.6) is 0 Å². The molecule has 0 radical (unpaired) electrons. The highest BCUT2D eigenvalue weighted by atomic mass is 16.2. The summed E-state index contributed by atoms with van der Waals surface area (Å²) in [5.74, 6) is -0.0230. The van der Waals surface area contributed by atoms with Gasteiger partial charge in [0.2, 0.25) is 0 Å². The van der Waals surface area contributed by atoms with Crippen LogP contribution in [0.3, 0.4) is 0 Å². The summed E-state index contributed by atoms with van der Waals surface area (Å²) in [7, 11) is 1.80. The molecule has 0 N–H and O–H groups in total.